The number of benzene rings is 2. The Bertz CT molecular complexity index is 1110. The molecule has 2 aromatic carbocycles. The SMILES string of the molecule is COc1cc2c(C(C#N)C(=O)O)c(C#N)cnc2cc1OCc1ccccc1. The molecule has 1 N–H and O–H groups in total. The predicted molar refractivity (Wildman–Crippen MR) is 99.8 cm³/mol. The summed E-state index contributed by atoms with van der Waals surface area (Å²) in [4.78, 5) is 15.7. The first-order valence-electron chi connectivity index (χ1n) is 8.29. The molecule has 0 bridgehead atoms. The zero-order valence-corrected chi connectivity index (χ0v) is 14.9. The lowest BCUT2D eigenvalue weighted by molar-refractivity contribution is -0.137. The lowest BCUT2D eigenvalue weighted by atomic mass is 9.92. The Hall–Kier alpha value is -4.10. The van der Waals surface area contributed by atoms with Crippen molar-refractivity contribution in [3.8, 4) is 23.6 Å². The summed E-state index contributed by atoms with van der Waals surface area (Å²) in [5.41, 5.74) is 1.49. The number of pyridine rings is 1. The van der Waals surface area contributed by atoms with Gasteiger partial charge in [0.2, 0.25) is 0 Å². The number of carboxylic acids is 1. The van der Waals surface area contributed by atoms with Crippen molar-refractivity contribution in [2.75, 3.05) is 7.11 Å². The third-order valence-electron chi connectivity index (χ3n) is 4.22. The minimum atomic E-state index is -1.50. The fraction of sp³-hybridized carbons (Fsp3) is 0.143. The van der Waals surface area contributed by atoms with Gasteiger partial charge in [-0.15, -0.1) is 0 Å². The summed E-state index contributed by atoms with van der Waals surface area (Å²) < 4.78 is 11.2. The van der Waals surface area contributed by atoms with Crippen LogP contribution in [0.15, 0.2) is 48.7 Å². The second kappa shape index (κ2) is 8.07. The van der Waals surface area contributed by atoms with E-state index in [-0.39, 0.29) is 11.1 Å². The van der Waals surface area contributed by atoms with Gasteiger partial charge in [0.05, 0.1) is 24.3 Å². The molecule has 0 fully saturated rings. The van der Waals surface area contributed by atoms with Crippen LogP contribution in [0, 0.1) is 22.7 Å². The van der Waals surface area contributed by atoms with Crippen LogP contribution in [0.1, 0.15) is 22.6 Å². The molecule has 1 aromatic heterocycles. The summed E-state index contributed by atoms with van der Waals surface area (Å²) in [6.45, 7) is 0.307. The molecule has 0 radical (unpaired) electrons. The van der Waals surface area contributed by atoms with Crippen molar-refractivity contribution in [3.63, 3.8) is 0 Å². The summed E-state index contributed by atoms with van der Waals surface area (Å²) in [5.74, 6) is -2.06. The number of hydrogen-bond acceptors (Lipinski definition) is 6. The topological polar surface area (TPSA) is 116 Å². The molecule has 3 aromatic rings. The maximum Gasteiger partial charge on any atom is 0.325 e. The number of hydrogen-bond donors (Lipinski definition) is 1. The molecule has 7 heteroatoms. The number of fused-ring (bicyclic) bond motifs is 1. The number of rotatable bonds is 6. The zero-order chi connectivity index (χ0) is 20.1. The monoisotopic (exact) mass is 373 g/mol. The van der Waals surface area contributed by atoms with Crippen molar-refractivity contribution in [3.05, 3.63) is 65.4 Å². The Morgan fingerprint density at radius 1 is 1.21 bits per heavy atom. The largest absolute Gasteiger partial charge is 0.493 e. The van der Waals surface area contributed by atoms with Crippen LogP contribution >= 0.6 is 0 Å². The predicted octanol–water partition coefficient (Wildman–Crippen LogP) is 3.39. The fourth-order valence-corrected chi connectivity index (χ4v) is 2.87. The van der Waals surface area contributed by atoms with Crippen molar-refractivity contribution in [2.24, 2.45) is 0 Å². The first kappa shape index (κ1) is 18.7. The molecule has 138 valence electrons. The average Bonchev–Trinajstić information content (AvgIpc) is 2.72. The molecule has 28 heavy (non-hydrogen) atoms. The van der Waals surface area contributed by atoms with Gasteiger partial charge in [-0.25, -0.2) is 0 Å². The highest BCUT2D eigenvalue weighted by Gasteiger charge is 2.26. The van der Waals surface area contributed by atoms with Gasteiger partial charge in [0.15, 0.2) is 17.4 Å². The molecular formula is C21H15N3O4. The van der Waals surface area contributed by atoms with Gasteiger partial charge in [-0.2, -0.15) is 10.5 Å². The highest BCUT2D eigenvalue weighted by molar-refractivity contribution is 5.93. The molecule has 1 heterocycles. The average molecular weight is 373 g/mol. The van der Waals surface area contributed by atoms with Crippen molar-refractivity contribution in [1.29, 1.82) is 10.5 Å². The zero-order valence-electron chi connectivity index (χ0n) is 14.9. The van der Waals surface area contributed by atoms with Crippen LogP contribution in [0.25, 0.3) is 10.9 Å². The molecule has 1 unspecified atom stereocenters. The Kier molecular flexibility index (Phi) is 5.38. The van der Waals surface area contributed by atoms with Crippen LogP contribution in [0.5, 0.6) is 11.5 Å². The lowest BCUT2D eigenvalue weighted by Gasteiger charge is -2.15. The third-order valence-corrected chi connectivity index (χ3v) is 4.22. The van der Waals surface area contributed by atoms with Gasteiger partial charge in [-0.1, -0.05) is 30.3 Å². The minimum Gasteiger partial charge on any atom is -0.493 e. The Balaban J connectivity index is 2.12. The smallest absolute Gasteiger partial charge is 0.325 e. The number of ether oxygens (including phenoxy) is 2. The molecule has 0 amide bonds. The summed E-state index contributed by atoms with van der Waals surface area (Å²) in [6.07, 6.45) is 1.26. The number of methoxy groups -OCH3 is 1. The number of aromatic nitrogens is 1. The van der Waals surface area contributed by atoms with Crippen molar-refractivity contribution in [2.45, 2.75) is 12.5 Å². The van der Waals surface area contributed by atoms with Crippen LogP contribution < -0.4 is 9.47 Å². The number of nitrogens with zero attached hydrogens (tertiary/aromatic N) is 3. The summed E-state index contributed by atoms with van der Waals surface area (Å²) in [6, 6.07) is 16.4. The minimum absolute atomic E-state index is 0.0291. The van der Waals surface area contributed by atoms with Gasteiger partial charge in [0, 0.05) is 23.2 Å². The lowest BCUT2D eigenvalue weighted by Crippen LogP contribution is -2.12. The van der Waals surface area contributed by atoms with E-state index in [1.807, 2.05) is 36.4 Å². The summed E-state index contributed by atoms with van der Waals surface area (Å²) in [7, 11) is 1.46. The summed E-state index contributed by atoms with van der Waals surface area (Å²) >= 11 is 0. The molecule has 7 nitrogen and oxygen atoms in total. The van der Waals surface area contributed by atoms with Crippen LogP contribution in [-0.2, 0) is 11.4 Å². The van der Waals surface area contributed by atoms with Crippen molar-refractivity contribution in [1.82, 2.24) is 4.98 Å². The fourth-order valence-electron chi connectivity index (χ4n) is 2.87. The summed E-state index contributed by atoms with van der Waals surface area (Å²) in [5, 5.41) is 28.4. The highest BCUT2D eigenvalue weighted by atomic mass is 16.5. The number of nitriles is 2. The first-order valence-corrected chi connectivity index (χ1v) is 8.29. The van der Waals surface area contributed by atoms with E-state index in [9.17, 15) is 20.4 Å². The van der Waals surface area contributed by atoms with Gasteiger partial charge in [-0.3, -0.25) is 9.78 Å². The molecule has 3 rings (SSSR count). The van der Waals surface area contributed by atoms with Gasteiger partial charge >= 0.3 is 5.97 Å². The van der Waals surface area contributed by atoms with Gasteiger partial charge < -0.3 is 14.6 Å². The Morgan fingerprint density at radius 3 is 2.57 bits per heavy atom. The van der Waals surface area contributed by atoms with Crippen LogP contribution in [0.3, 0.4) is 0 Å². The van der Waals surface area contributed by atoms with Gasteiger partial charge in [0.1, 0.15) is 12.7 Å². The highest BCUT2D eigenvalue weighted by Crippen LogP contribution is 2.36. The van der Waals surface area contributed by atoms with Crippen LogP contribution in [0.2, 0.25) is 0 Å². The van der Waals surface area contributed by atoms with E-state index < -0.39 is 11.9 Å². The van der Waals surface area contributed by atoms with Gasteiger partial charge in [0.25, 0.3) is 0 Å². The molecular weight excluding hydrogens is 358 g/mol. The van der Waals surface area contributed by atoms with Crippen LogP contribution in [0.4, 0.5) is 0 Å². The molecule has 0 saturated heterocycles. The van der Waals surface area contributed by atoms with E-state index in [1.165, 1.54) is 13.3 Å². The molecule has 0 aliphatic carbocycles. The van der Waals surface area contributed by atoms with Crippen molar-refractivity contribution >= 4 is 16.9 Å². The molecule has 0 saturated carbocycles. The van der Waals surface area contributed by atoms with Crippen LogP contribution in [-0.4, -0.2) is 23.2 Å². The maximum absolute atomic E-state index is 11.5. The van der Waals surface area contributed by atoms with E-state index in [1.54, 1.807) is 18.2 Å². The molecule has 0 spiro atoms. The van der Waals surface area contributed by atoms with E-state index in [0.717, 1.165) is 5.56 Å². The number of aliphatic carboxylic acids is 1. The molecule has 0 aliphatic heterocycles. The van der Waals surface area contributed by atoms with Crippen molar-refractivity contribution < 1.29 is 19.4 Å². The second-order valence-corrected chi connectivity index (χ2v) is 5.89. The van der Waals surface area contributed by atoms with E-state index in [4.69, 9.17) is 9.47 Å². The quantitative estimate of drug-likeness (QED) is 0.704. The Morgan fingerprint density at radius 2 is 1.96 bits per heavy atom. The second-order valence-electron chi connectivity index (χ2n) is 5.89. The normalized spacial score (nSPS) is 11.2. The van der Waals surface area contributed by atoms with Gasteiger partial charge in [-0.05, 0) is 11.6 Å². The van der Waals surface area contributed by atoms with E-state index >= 15 is 0 Å². The standard InChI is InChI=1S/C21H15N3O4/c1-27-18-7-15-17(8-19(18)28-12-13-5-3-2-4-6-13)24-11-14(9-22)20(15)16(10-23)21(25)26/h2-8,11,16H,12H2,1H3,(H,25,26). The molecule has 1 atom stereocenters. The van der Waals surface area contributed by atoms with E-state index in [0.29, 0.717) is 29.0 Å². The maximum atomic E-state index is 11.5. The Labute approximate surface area is 161 Å². The molecule has 0 aliphatic rings. The third kappa shape index (κ3) is 3.55. The number of carboxylic acid groups (broad SMARTS) is 1. The van der Waals surface area contributed by atoms with E-state index in [2.05, 4.69) is 4.98 Å². The first-order chi connectivity index (χ1) is 13.6. The number of carbonyl (C=O) groups is 1.